The molecule has 0 unspecified atom stereocenters. The molecule has 0 aliphatic heterocycles. The summed E-state index contributed by atoms with van der Waals surface area (Å²) in [4.78, 5) is 0. The minimum atomic E-state index is 0. The van der Waals surface area contributed by atoms with Crippen molar-refractivity contribution in [3.8, 4) is 0 Å². The predicted molar refractivity (Wildman–Crippen MR) is 556 cm³/mol. The van der Waals surface area contributed by atoms with Crippen LogP contribution in [0.4, 0.5) is 0 Å². The first-order valence-electron chi connectivity index (χ1n) is 2.60. The highest BCUT2D eigenvalue weighted by Gasteiger charge is 0.659. The van der Waals surface area contributed by atoms with Gasteiger partial charge in [-0.15, -0.1) is 0 Å². The second kappa shape index (κ2) is 785000. The first-order chi connectivity index (χ1) is 9.00. The van der Waals surface area contributed by atoms with E-state index < -0.39 is 0 Å². The molecule has 0 heterocycles. The fourth-order valence-corrected chi connectivity index (χ4v) is 0. The van der Waals surface area contributed by atoms with Crippen molar-refractivity contribution < 1.29 is 0 Å². The van der Waals surface area contributed by atoms with Gasteiger partial charge < -0.3 is 0 Å². The fraction of sp³-hybridized carbons (Fsp3) is 0.875. The van der Waals surface area contributed by atoms with Crippen LogP contribution in [0.1, 0.15) is 468 Å². The van der Waals surface area contributed by atoms with Crippen molar-refractivity contribution in [2.24, 2.45) is 0 Å². The minimum absolute atomic E-state index is 0. The molecule has 0 aliphatic carbocycles. The van der Waals surface area contributed by atoms with E-state index in [0.717, 1.165) is 0 Å². The normalized spacial score (nSPS) is 0.444. The highest BCUT2D eigenvalue weighted by atomic mass is 32.1. The standard InChI is InChI=1S/9CH2S.63CH4/c9*1-2;;;;;;;;;;;;;;;;;;;;;;;;;;;;;;;;;;;;;;;;;;;;;;;;;;;;;;;;;;;;;;;/h9*1H2;63*1H4. The third-order valence-electron chi connectivity index (χ3n) is 0. The topological polar surface area (TPSA) is 0 Å². The van der Waals surface area contributed by atoms with Gasteiger partial charge in [0.15, 0.2) is 0 Å². The molecule has 0 saturated carbocycles. The van der Waals surface area contributed by atoms with Gasteiger partial charge in [-0.25, -0.2) is 0 Å². The first kappa shape index (κ1) is 5550. The molecule has 0 radical (unpaired) electrons. The maximum atomic E-state index is 3.83. The average molecular weight is 1430 g/mol. The Morgan fingerprint density at radius 3 is 0.0494 bits per heavy atom. The summed E-state index contributed by atoms with van der Waals surface area (Å²) in [5.74, 6) is 25.5. The minimum Gasteiger partial charge on any atom is -0.0973 e. The van der Waals surface area contributed by atoms with E-state index in [0.29, 0.717) is 0 Å². The van der Waals surface area contributed by atoms with Crippen LogP contribution in [-0.4, -0.2) is 52.8 Å². The smallest absolute Gasteiger partial charge is 0.0351 e. The molecule has 0 aromatic rings. The molecular formula is C72H270S9. The molecule has 0 aromatic carbocycles. The molecule has 0 N–H and O–H groups in total. The molecule has 9 heteroatoms. The SMILES string of the molecule is C.C.C.C.C.C.C.C.C.C.C.C.C.C.C.C.C.C.C.C.C.C.C.C.C.C.C.C.C.C.C.C.C.C.C.C.C.C.C.C.C.C.C.C.C.C.C.C.C.C.C.C.C.C.C.C.C.C.C.C.C.C.C.C=S.C=S.C=S.C=S.C=S.C=S.C=S.C=S.C=S. The summed E-state index contributed by atoms with van der Waals surface area (Å²) >= 11 is 34.5. The van der Waals surface area contributed by atoms with Gasteiger partial charge in [0, 0.05) is 0 Å². The number of hydrogen-bond donors (Lipinski definition) is 0. The Hall–Kier alpha value is 0.810. The molecule has 0 aliphatic rings. The highest BCUT2D eigenvalue weighted by molar-refractivity contribution is 7.78. The molecule has 0 fully saturated rings. The molecule has 0 aromatic heterocycles. The predicted octanol–water partition coefficient (Wildman–Crippen LogP) is 45.6. The largest absolute Gasteiger partial charge is 0.0973 e. The lowest BCUT2D eigenvalue weighted by atomic mass is 12.0. The molecule has 0 bridgehead atoms. The highest BCUT2D eigenvalue weighted by Crippen LogP contribution is 1.05. The summed E-state index contributed by atoms with van der Waals surface area (Å²) in [5.41, 5.74) is 0. The van der Waals surface area contributed by atoms with Crippen LogP contribution in [0.25, 0.3) is 0 Å². The van der Waals surface area contributed by atoms with Crippen LogP contribution in [-0.2, 0) is 0 Å². The van der Waals surface area contributed by atoms with E-state index in [1.807, 2.05) is 0 Å². The molecule has 0 nitrogen and oxygen atoms in total. The van der Waals surface area contributed by atoms with Crippen LogP contribution in [0, 0.1) is 0 Å². The van der Waals surface area contributed by atoms with Gasteiger partial charge >= 0.3 is 0 Å². The van der Waals surface area contributed by atoms with Crippen LogP contribution in [0.2, 0.25) is 0 Å². The van der Waals surface area contributed by atoms with Crippen molar-refractivity contribution in [1.82, 2.24) is 0 Å². The van der Waals surface area contributed by atoms with Crippen molar-refractivity contribution in [2.75, 3.05) is 0 Å². The summed E-state index contributed by atoms with van der Waals surface area (Å²) in [6, 6.07) is 0. The van der Waals surface area contributed by atoms with E-state index in [9.17, 15) is 0 Å². The zero-order valence-electron chi connectivity index (χ0n) is 10.0. The van der Waals surface area contributed by atoms with Gasteiger partial charge in [-0.3, -0.25) is 0 Å². The van der Waals surface area contributed by atoms with Gasteiger partial charge in [-0.05, 0) is 52.8 Å². The Labute approximate surface area is 625 Å². The Morgan fingerprint density at radius 2 is 0.0494 bits per heavy atom. The molecule has 612 valence electrons. The van der Waals surface area contributed by atoms with Gasteiger partial charge in [-0.1, -0.05) is 578 Å². The average Bonchev–Trinajstić information content (AvgIpc) is 2.63. The zero-order chi connectivity index (χ0) is 18.0. The van der Waals surface area contributed by atoms with Crippen LogP contribution in [0.15, 0.2) is 0 Å². The molecule has 81 heavy (non-hydrogen) atoms. The number of rotatable bonds is 0. The number of thiocarbonyl (C=S) groups is 9. The first-order valence-corrected chi connectivity index (χ1v) is 7.79. The van der Waals surface area contributed by atoms with Crippen molar-refractivity contribution >= 4 is 163 Å². The van der Waals surface area contributed by atoms with Crippen LogP contribution < -0.4 is 0 Å². The van der Waals surface area contributed by atoms with E-state index in [1.165, 1.54) is 0 Å². The van der Waals surface area contributed by atoms with Gasteiger partial charge in [-0.2, -0.15) is 0 Å². The van der Waals surface area contributed by atoms with Crippen molar-refractivity contribution in [3.63, 3.8) is 0 Å². The third kappa shape index (κ3) is 765000. The van der Waals surface area contributed by atoms with Crippen LogP contribution >= 0.6 is 110 Å². The van der Waals surface area contributed by atoms with Crippen molar-refractivity contribution in [2.45, 2.75) is 468 Å². The molecular weight excluding hydrogens is 1150 g/mol. The van der Waals surface area contributed by atoms with E-state index in [4.69, 9.17) is 0 Å². The molecule has 0 amide bonds. The lowest BCUT2D eigenvalue weighted by Gasteiger charge is -0.774. The summed E-state index contributed by atoms with van der Waals surface area (Å²) in [7, 11) is 0. The van der Waals surface area contributed by atoms with Gasteiger partial charge in [0.05, 0.1) is 0 Å². The second-order valence-corrected chi connectivity index (χ2v) is 0. The third-order valence-corrected chi connectivity index (χ3v) is 0. The molecule has 0 saturated heterocycles. The van der Waals surface area contributed by atoms with Gasteiger partial charge in [0.25, 0.3) is 0 Å². The monoisotopic (exact) mass is 1420 g/mol. The summed E-state index contributed by atoms with van der Waals surface area (Å²) in [6.45, 7) is 0. The summed E-state index contributed by atoms with van der Waals surface area (Å²) in [6.07, 6.45) is 0. The van der Waals surface area contributed by atoms with Gasteiger partial charge in [0.2, 0.25) is 0 Å². The van der Waals surface area contributed by atoms with E-state index >= 15 is 0 Å². The fourth-order valence-electron chi connectivity index (χ4n) is 0. The summed E-state index contributed by atoms with van der Waals surface area (Å²) < 4.78 is 0. The van der Waals surface area contributed by atoms with E-state index in [-0.39, 0.29) is 468 Å². The molecule has 0 rings (SSSR count). The number of hydrogen-bond acceptors (Lipinski definition) is 9. The van der Waals surface area contributed by atoms with Crippen molar-refractivity contribution in [3.05, 3.63) is 0 Å². The maximum Gasteiger partial charge on any atom is -0.0351 e. The molecule has 0 spiro atoms. The zero-order valence-corrected chi connectivity index (χ0v) is 17.4. The Morgan fingerprint density at radius 1 is 0.0494 bits per heavy atom. The quantitative estimate of drug-likeness (QED) is 0.216. The van der Waals surface area contributed by atoms with E-state index in [2.05, 4.69) is 163 Å². The second-order valence-electron chi connectivity index (χ2n) is 0. The molecule has 0 atom stereocenters. The van der Waals surface area contributed by atoms with E-state index in [1.54, 1.807) is 0 Å². The Balaban J connectivity index is -0.000000000146. The van der Waals surface area contributed by atoms with Gasteiger partial charge in [0.1, 0.15) is 0 Å². The Kier molecular flexibility index (Phi) is 53800000. The van der Waals surface area contributed by atoms with Crippen LogP contribution in [0.3, 0.4) is 0 Å². The van der Waals surface area contributed by atoms with Crippen molar-refractivity contribution in [1.29, 1.82) is 0 Å². The van der Waals surface area contributed by atoms with Crippen LogP contribution in [0.5, 0.6) is 0 Å². The lowest BCUT2D eigenvalue weighted by molar-refractivity contribution is 2.50. The lowest BCUT2D eigenvalue weighted by Crippen LogP contribution is -0.661. The Bertz CT molecular complexity index is 69.3. The summed E-state index contributed by atoms with van der Waals surface area (Å²) in [5, 5.41) is 0. The maximum absolute atomic E-state index is 3.83.